The van der Waals surface area contributed by atoms with Crippen LogP contribution in [0.3, 0.4) is 0 Å². The number of hydrogen-bond donors (Lipinski definition) is 1. The largest absolute Gasteiger partial charge is 0.367 e. The van der Waals surface area contributed by atoms with Crippen LogP contribution in [0.4, 0.5) is 11.4 Å². The van der Waals surface area contributed by atoms with Crippen molar-refractivity contribution in [2.24, 2.45) is 0 Å². The van der Waals surface area contributed by atoms with Gasteiger partial charge in [-0.25, -0.2) is 0 Å². The lowest BCUT2D eigenvalue weighted by Gasteiger charge is -2.36. The minimum atomic E-state index is -0.00122. The van der Waals surface area contributed by atoms with Crippen LogP contribution in [0.5, 0.6) is 0 Å². The standard InChI is InChI=1S/C18H26ClN3O2/c1-14-5-2-3-10-22(14)17-7-6-15(19)13-16(17)20-18(23)8-11-21-9-4-12-24-21/h6-7,13-14H,2-5,8-12H2,1H3,(H,20,23). The molecule has 2 aliphatic heterocycles. The number of nitrogens with one attached hydrogen (secondary N) is 1. The molecule has 1 aromatic carbocycles. The molecule has 132 valence electrons. The van der Waals surface area contributed by atoms with Gasteiger partial charge in [-0.15, -0.1) is 0 Å². The van der Waals surface area contributed by atoms with Crippen molar-refractivity contribution in [2.45, 2.75) is 45.1 Å². The van der Waals surface area contributed by atoms with Crippen molar-refractivity contribution in [2.75, 3.05) is 36.5 Å². The number of hydrogen-bond acceptors (Lipinski definition) is 4. The molecule has 2 aliphatic rings. The number of amides is 1. The van der Waals surface area contributed by atoms with E-state index < -0.39 is 0 Å². The normalized spacial score (nSPS) is 21.9. The molecule has 2 saturated heterocycles. The molecule has 1 N–H and O–H groups in total. The van der Waals surface area contributed by atoms with E-state index in [1.807, 2.05) is 23.3 Å². The molecule has 0 spiro atoms. The SMILES string of the molecule is CC1CCCCN1c1ccc(Cl)cc1NC(=O)CCN1CCCO1. The summed E-state index contributed by atoms with van der Waals surface area (Å²) in [6.07, 6.45) is 5.09. The van der Waals surface area contributed by atoms with Crippen molar-refractivity contribution in [3.63, 3.8) is 0 Å². The van der Waals surface area contributed by atoms with Crippen LogP contribution in [0, 0.1) is 0 Å². The number of rotatable bonds is 5. The predicted octanol–water partition coefficient (Wildman–Crippen LogP) is 3.68. The third-order valence-corrected chi connectivity index (χ3v) is 4.99. The van der Waals surface area contributed by atoms with E-state index in [9.17, 15) is 4.79 Å². The molecule has 0 bridgehead atoms. The second-order valence-corrected chi connectivity index (χ2v) is 7.05. The Balaban J connectivity index is 1.66. The van der Waals surface area contributed by atoms with Crippen LogP contribution in [-0.2, 0) is 9.63 Å². The highest BCUT2D eigenvalue weighted by Crippen LogP contribution is 2.33. The predicted molar refractivity (Wildman–Crippen MR) is 97.5 cm³/mol. The molecule has 0 radical (unpaired) electrons. The Morgan fingerprint density at radius 2 is 2.21 bits per heavy atom. The average Bonchev–Trinajstić information content (AvgIpc) is 3.08. The fourth-order valence-corrected chi connectivity index (χ4v) is 3.60. The van der Waals surface area contributed by atoms with Gasteiger partial charge in [-0.1, -0.05) is 11.6 Å². The first-order valence-electron chi connectivity index (χ1n) is 8.87. The molecule has 1 amide bonds. The number of hydroxylamine groups is 2. The van der Waals surface area contributed by atoms with Gasteiger partial charge in [0.1, 0.15) is 0 Å². The molecule has 24 heavy (non-hydrogen) atoms. The highest BCUT2D eigenvalue weighted by Gasteiger charge is 2.22. The lowest BCUT2D eigenvalue weighted by molar-refractivity contribution is -0.126. The maximum atomic E-state index is 12.3. The van der Waals surface area contributed by atoms with E-state index in [2.05, 4.69) is 17.1 Å². The van der Waals surface area contributed by atoms with E-state index in [1.165, 1.54) is 19.3 Å². The molecule has 2 fully saturated rings. The van der Waals surface area contributed by atoms with Gasteiger partial charge in [-0.05, 0) is 50.8 Å². The highest BCUT2D eigenvalue weighted by molar-refractivity contribution is 6.31. The molecule has 1 aromatic rings. The number of carbonyl (C=O) groups is 1. The number of carbonyl (C=O) groups excluding carboxylic acids is 1. The second-order valence-electron chi connectivity index (χ2n) is 6.61. The fourth-order valence-electron chi connectivity index (χ4n) is 3.43. The highest BCUT2D eigenvalue weighted by atomic mass is 35.5. The first kappa shape index (κ1) is 17.5. The van der Waals surface area contributed by atoms with E-state index in [4.69, 9.17) is 16.4 Å². The van der Waals surface area contributed by atoms with Gasteiger partial charge < -0.3 is 10.2 Å². The summed E-state index contributed by atoms with van der Waals surface area (Å²) >= 11 is 6.16. The smallest absolute Gasteiger partial charge is 0.225 e. The molecule has 6 heteroatoms. The van der Waals surface area contributed by atoms with E-state index >= 15 is 0 Å². The Morgan fingerprint density at radius 1 is 1.33 bits per heavy atom. The van der Waals surface area contributed by atoms with Gasteiger partial charge in [0.2, 0.25) is 5.91 Å². The first-order chi connectivity index (χ1) is 11.6. The molecule has 0 aromatic heterocycles. The number of benzene rings is 1. The summed E-state index contributed by atoms with van der Waals surface area (Å²) in [5.41, 5.74) is 1.88. The zero-order chi connectivity index (χ0) is 16.9. The van der Waals surface area contributed by atoms with Crippen LogP contribution < -0.4 is 10.2 Å². The van der Waals surface area contributed by atoms with Gasteiger partial charge in [0.25, 0.3) is 0 Å². The summed E-state index contributed by atoms with van der Waals surface area (Å²) in [6, 6.07) is 6.24. The van der Waals surface area contributed by atoms with Gasteiger partial charge in [0.05, 0.1) is 18.0 Å². The minimum Gasteiger partial charge on any atom is -0.367 e. The summed E-state index contributed by atoms with van der Waals surface area (Å²) in [6.45, 7) is 5.55. The molecule has 5 nitrogen and oxygen atoms in total. The zero-order valence-corrected chi connectivity index (χ0v) is 15.0. The van der Waals surface area contributed by atoms with Crippen LogP contribution in [-0.4, -0.2) is 43.3 Å². The molecule has 2 heterocycles. The lowest BCUT2D eigenvalue weighted by atomic mass is 10.0. The van der Waals surface area contributed by atoms with Gasteiger partial charge in [-0.3, -0.25) is 9.63 Å². The Kier molecular flexibility index (Phi) is 5.98. The number of piperidine rings is 1. The van der Waals surface area contributed by atoms with E-state index in [1.54, 1.807) is 0 Å². The maximum absolute atomic E-state index is 12.3. The van der Waals surface area contributed by atoms with Crippen LogP contribution in [0.25, 0.3) is 0 Å². The summed E-state index contributed by atoms with van der Waals surface area (Å²) in [7, 11) is 0. The summed E-state index contributed by atoms with van der Waals surface area (Å²) < 4.78 is 0. The van der Waals surface area contributed by atoms with E-state index in [-0.39, 0.29) is 5.91 Å². The average molecular weight is 352 g/mol. The van der Waals surface area contributed by atoms with Gasteiger partial charge in [0, 0.05) is 37.1 Å². The number of anilines is 2. The van der Waals surface area contributed by atoms with Crippen LogP contribution in [0.1, 0.15) is 39.0 Å². The molecule has 1 atom stereocenters. The van der Waals surface area contributed by atoms with Crippen molar-refractivity contribution in [1.82, 2.24) is 5.06 Å². The van der Waals surface area contributed by atoms with Crippen molar-refractivity contribution < 1.29 is 9.63 Å². The van der Waals surface area contributed by atoms with Crippen molar-refractivity contribution in [3.05, 3.63) is 23.2 Å². The van der Waals surface area contributed by atoms with Gasteiger partial charge in [0.15, 0.2) is 0 Å². The third-order valence-electron chi connectivity index (χ3n) is 4.76. The van der Waals surface area contributed by atoms with Crippen LogP contribution >= 0.6 is 11.6 Å². The Morgan fingerprint density at radius 3 is 2.96 bits per heavy atom. The summed E-state index contributed by atoms with van der Waals surface area (Å²) in [5.74, 6) is -0.00122. The quantitative estimate of drug-likeness (QED) is 0.878. The summed E-state index contributed by atoms with van der Waals surface area (Å²) in [4.78, 5) is 20.1. The first-order valence-corrected chi connectivity index (χ1v) is 9.25. The van der Waals surface area contributed by atoms with Crippen LogP contribution in [0.15, 0.2) is 18.2 Å². The second kappa shape index (κ2) is 8.19. The van der Waals surface area contributed by atoms with Gasteiger partial charge in [-0.2, -0.15) is 5.06 Å². The zero-order valence-electron chi connectivity index (χ0n) is 14.3. The molecular formula is C18H26ClN3O2. The van der Waals surface area contributed by atoms with E-state index in [0.29, 0.717) is 24.0 Å². The molecule has 0 aliphatic carbocycles. The molecular weight excluding hydrogens is 326 g/mol. The van der Waals surface area contributed by atoms with E-state index in [0.717, 1.165) is 37.5 Å². The molecule has 3 rings (SSSR count). The van der Waals surface area contributed by atoms with Crippen molar-refractivity contribution in [3.8, 4) is 0 Å². The van der Waals surface area contributed by atoms with Gasteiger partial charge >= 0.3 is 0 Å². The monoisotopic (exact) mass is 351 g/mol. The lowest BCUT2D eigenvalue weighted by Crippen LogP contribution is -2.38. The fraction of sp³-hybridized carbons (Fsp3) is 0.611. The topological polar surface area (TPSA) is 44.8 Å². The van der Waals surface area contributed by atoms with Crippen LogP contribution in [0.2, 0.25) is 5.02 Å². The summed E-state index contributed by atoms with van der Waals surface area (Å²) in [5, 5.41) is 5.55. The van der Waals surface area contributed by atoms with Crippen molar-refractivity contribution >= 4 is 28.9 Å². The molecule has 1 unspecified atom stereocenters. The number of nitrogens with zero attached hydrogens (tertiary/aromatic N) is 2. The minimum absolute atomic E-state index is 0.00122. The maximum Gasteiger partial charge on any atom is 0.225 e. The Hall–Kier alpha value is -1.30. The Bertz CT molecular complexity index is 575. The Labute approximate surface area is 148 Å². The number of halogens is 1. The molecule has 0 saturated carbocycles. The van der Waals surface area contributed by atoms with Crippen molar-refractivity contribution in [1.29, 1.82) is 0 Å². The third kappa shape index (κ3) is 4.41.